The van der Waals surface area contributed by atoms with Gasteiger partial charge in [-0.1, -0.05) is 40.2 Å². The summed E-state index contributed by atoms with van der Waals surface area (Å²) < 4.78 is 29.7. The van der Waals surface area contributed by atoms with Crippen molar-refractivity contribution in [1.82, 2.24) is 0 Å². The third-order valence-corrected chi connectivity index (χ3v) is 11.2. The molecule has 0 bridgehead atoms. The van der Waals surface area contributed by atoms with Gasteiger partial charge in [0.15, 0.2) is 6.29 Å². The van der Waals surface area contributed by atoms with Crippen LogP contribution in [0.2, 0.25) is 0 Å². The predicted molar refractivity (Wildman–Crippen MR) is 131 cm³/mol. The van der Waals surface area contributed by atoms with Crippen molar-refractivity contribution in [2.45, 2.75) is 97.7 Å². The number of methoxy groups -OCH3 is 1. The maximum Gasteiger partial charge on any atom is 0.508 e. The molecule has 5 fully saturated rings. The van der Waals surface area contributed by atoms with Crippen molar-refractivity contribution in [2.75, 3.05) is 20.3 Å². The van der Waals surface area contributed by atoms with Gasteiger partial charge in [0.1, 0.15) is 6.10 Å². The van der Waals surface area contributed by atoms with E-state index in [1.807, 2.05) is 0 Å². The lowest BCUT2D eigenvalue weighted by Crippen LogP contribution is -2.57. The summed E-state index contributed by atoms with van der Waals surface area (Å²) in [6, 6.07) is 0. The number of rotatable bonds is 3. The van der Waals surface area contributed by atoms with Gasteiger partial charge in [-0.05, 0) is 67.8 Å². The van der Waals surface area contributed by atoms with E-state index >= 15 is 0 Å². The maximum atomic E-state index is 12.3. The number of carbonyl (C=O) groups is 1. The van der Waals surface area contributed by atoms with Crippen molar-refractivity contribution in [2.24, 2.45) is 45.8 Å². The fraction of sp³-hybridized carbons (Fsp3) is 0.897. The molecule has 6 aliphatic rings. The second-order valence-electron chi connectivity index (χ2n) is 13.7. The second-order valence-corrected chi connectivity index (χ2v) is 13.7. The quantitative estimate of drug-likeness (QED) is 0.287. The van der Waals surface area contributed by atoms with Crippen molar-refractivity contribution < 1.29 is 28.5 Å². The summed E-state index contributed by atoms with van der Waals surface area (Å²) >= 11 is 0. The van der Waals surface area contributed by atoms with E-state index in [-0.39, 0.29) is 28.6 Å². The fourth-order valence-electron chi connectivity index (χ4n) is 9.39. The van der Waals surface area contributed by atoms with Gasteiger partial charge in [-0.2, -0.15) is 0 Å². The summed E-state index contributed by atoms with van der Waals surface area (Å²) in [5.41, 5.74) is 1.78. The molecule has 0 aromatic carbocycles. The molecule has 0 spiro atoms. The van der Waals surface area contributed by atoms with Gasteiger partial charge in [0.2, 0.25) is 0 Å². The van der Waals surface area contributed by atoms with Gasteiger partial charge in [-0.3, -0.25) is 0 Å². The molecule has 6 nitrogen and oxygen atoms in total. The number of epoxide rings is 1. The molecule has 0 N–H and O–H groups in total. The van der Waals surface area contributed by atoms with Gasteiger partial charge < -0.3 is 23.7 Å². The van der Waals surface area contributed by atoms with E-state index < -0.39 is 6.16 Å². The van der Waals surface area contributed by atoms with Crippen LogP contribution in [0.15, 0.2) is 11.6 Å². The number of carbonyl (C=O) groups excluding carboxylic acids is 1. The van der Waals surface area contributed by atoms with Crippen LogP contribution in [0.3, 0.4) is 0 Å². The Morgan fingerprint density at radius 1 is 1.06 bits per heavy atom. The third kappa shape index (κ3) is 3.64. The van der Waals surface area contributed by atoms with Crippen LogP contribution in [0, 0.1) is 45.8 Å². The minimum absolute atomic E-state index is 0.0652. The third-order valence-electron chi connectivity index (χ3n) is 11.2. The molecule has 4 aliphatic carbocycles. The molecule has 1 unspecified atom stereocenters. The normalized spacial score (nSPS) is 49.0. The zero-order valence-corrected chi connectivity index (χ0v) is 22.4. The average Bonchev–Trinajstić information content (AvgIpc) is 3.54. The first-order chi connectivity index (χ1) is 16.6. The summed E-state index contributed by atoms with van der Waals surface area (Å²) in [7, 11) is 1.41. The molecule has 6 rings (SSSR count). The lowest BCUT2D eigenvalue weighted by molar-refractivity contribution is -0.253. The molecule has 2 aliphatic heterocycles. The average molecular weight is 489 g/mol. The van der Waals surface area contributed by atoms with E-state index in [2.05, 4.69) is 40.7 Å². The predicted octanol–water partition coefficient (Wildman–Crippen LogP) is 5.74. The number of hydrogen-bond donors (Lipinski definition) is 0. The Hall–Kier alpha value is -1.11. The van der Waals surface area contributed by atoms with E-state index in [9.17, 15) is 4.79 Å². The van der Waals surface area contributed by atoms with Crippen LogP contribution >= 0.6 is 0 Å². The van der Waals surface area contributed by atoms with E-state index in [0.717, 1.165) is 32.5 Å². The zero-order chi connectivity index (χ0) is 24.8. The Morgan fingerprint density at radius 3 is 2.51 bits per heavy atom. The molecule has 2 heterocycles. The van der Waals surface area contributed by atoms with Crippen molar-refractivity contribution >= 4 is 6.16 Å². The van der Waals surface area contributed by atoms with E-state index in [1.165, 1.54) is 31.9 Å². The Morgan fingerprint density at radius 2 is 1.80 bits per heavy atom. The molecule has 196 valence electrons. The first-order valence-electron chi connectivity index (χ1n) is 13.9. The van der Waals surface area contributed by atoms with Crippen LogP contribution in [-0.4, -0.2) is 51.1 Å². The highest BCUT2D eigenvalue weighted by Gasteiger charge is 2.68. The highest BCUT2D eigenvalue weighted by Crippen LogP contribution is 2.69. The number of ether oxygens (including phenoxy) is 5. The Bertz CT molecular complexity index is 888. The highest BCUT2D eigenvalue weighted by molar-refractivity contribution is 5.60. The van der Waals surface area contributed by atoms with Crippen LogP contribution in [0.25, 0.3) is 0 Å². The van der Waals surface area contributed by atoms with Gasteiger partial charge >= 0.3 is 6.16 Å². The Labute approximate surface area is 210 Å². The first-order valence-corrected chi connectivity index (χ1v) is 13.9. The molecule has 6 heteroatoms. The SMILES string of the molecule is COC(=O)O[C@@H]1C=C2CC[C@@H]3O[C@@H]3[C@]2(C)[C@H]2CC[C@]3(C)[C@@H](C(C)C4OCC(C)(C)CO4)CC[C@H]3[C@H]12. The molecular formula is C29H44O6. The van der Waals surface area contributed by atoms with E-state index in [0.29, 0.717) is 41.8 Å². The van der Waals surface area contributed by atoms with Crippen molar-refractivity contribution in [1.29, 1.82) is 0 Å². The smallest absolute Gasteiger partial charge is 0.438 e. The summed E-state index contributed by atoms with van der Waals surface area (Å²) in [5, 5.41) is 0. The van der Waals surface area contributed by atoms with Gasteiger partial charge in [0.25, 0.3) is 0 Å². The van der Waals surface area contributed by atoms with Gasteiger partial charge in [-0.15, -0.1) is 0 Å². The topological polar surface area (TPSA) is 66.5 Å². The van der Waals surface area contributed by atoms with E-state index in [4.69, 9.17) is 23.7 Å². The monoisotopic (exact) mass is 488 g/mol. The molecule has 0 aromatic rings. The number of hydrogen-bond acceptors (Lipinski definition) is 6. The molecule has 0 aromatic heterocycles. The molecule has 0 amide bonds. The van der Waals surface area contributed by atoms with Crippen molar-refractivity contribution in [3.05, 3.63) is 11.6 Å². The summed E-state index contributed by atoms with van der Waals surface area (Å²) in [6.07, 6.45) is 9.00. The maximum absolute atomic E-state index is 12.3. The number of fused-ring (bicyclic) bond motifs is 7. The van der Waals surface area contributed by atoms with Crippen LogP contribution < -0.4 is 0 Å². The summed E-state index contributed by atoms with van der Waals surface area (Å²) in [5.74, 6) is 2.15. The lowest BCUT2D eigenvalue weighted by Gasteiger charge is -2.59. The molecular weight excluding hydrogens is 444 g/mol. The zero-order valence-electron chi connectivity index (χ0n) is 22.4. The van der Waals surface area contributed by atoms with Gasteiger partial charge in [-0.25, -0.2) is 4.79 Å². The highest BCUT2D eigenvalue weighted by atomic mass is 16.7. The van der Waals surface area contributed by atoms with Crippen molar-refractivity contribution in [3.63, 3.8) is 0 Å². The van der Waals surface area contributed by atoms with Gasteiger partial charge in [0, 0.05) is 22.7 Å². The van der Waals surface area contributed by atoms with Crippen LogP contribution in [0.1, 0.15) is 73.1 Å². The van der Waals surface area contributed by atoms with Crippen molar-refractivity contribution in [3.8, 4) is 0 Å². The van der Waals surface area contributed by atoms with E-state index in [1.54, 1.807) is 0 Å². The minimum Gasteiger partial charge on any atom is -0.438 e. The Kier molecular flexibility index (Phi) is 5.67. The fourth-order valence-corrected chi connectivity index (χ4v) is 9.39. The lowest BCUT2D eigenvalue weighted by atomic mass is 9.46. The van der Waals surface area contributed by atoms with Crippen LogP contribution in [-0.2, 0) is 23.7 Å². The summed E-state index contributed by atoms with van der Waals surface area (Å²) in [6.45, 7) is 13.2. The second kappa shape index (κ2) is 8.19. The van der Waals surface area contributed by atoms with Gasteiger partial charge in [0.05, 0.1) is 32.5 Å². The molecule has 0 radical (unpaired) electrons. The largest absolute Gasteiger partial charge is 0.508 e. The van der Waals surface area contributed by atoms with Crippen LogP contribution in [0.5, 0.6) is 0 Å². The molecule has 35 heavy (non-hydrogen) atoms. The first kappa shape index (κ1) is 24.2. The Balaban J connectivity index is 1.30. The standard InChI is InChI=1S/C29H44O6/c1-16(25-32-14-27(2,3)15-33-25)18-8-9-19-23-20(11-12-28(18,19)4)29(5)17(7-10-21-24(29)34-21)13-22(23)35-26(30)31-6/h13,16,18-25H,7-12,14-15H2,1-6H3/t16?,18-,19+,20+,21+,22-,23+,24+,28-,29+/m1/s1. The molecule has 10 atom stereocenters. The molecule has 3 saturated carbocycles. The molecule has 2 saturated heterocycles. The summed E-state index contributed by atoms with van der Waals surface area (Å²) in [4.78, 5) is 12.3. The van der Waals surface area contributed by atoms with Crippen LogP contribution in [0.4, 0.5) is 4.79 Å². The minimum atomic E-state index is -0.563.